The van der Waals surface area contributed by atoms with Crippen molar-refractivity contribution in [1.29, 1.82) is 0 Å². The van der Waals surface area contributed by atoms with Crippen molar-refractivity contribution in [1.82, 2.24) is 15.0 Å². The number of rotatable bonds is 0. The van der Waals surface area contributed by atoms with E-state index in [0.29, 0.717) is 20.4 Å². The fourth-order valence-electron chi connectivity index (χ4n) is 2.11. The van der Waals surface area contributed by atoms with Crippen molar-refractivity contribution in [3.8, 4) is 0 Å². The Hall–Kier alpha value is -1.48. The van der Waals surface area contributed by atoms with E-state index in [-0.39, 0.29) is 10.2 Å². The molecule has 4 nitrogen and oxygen atoms in total. The molecule has 3 aromatic heterocycles. The van der Waals surface area contributed by atoms with Gasteiger partial charge in [-0.15, -0.1) is 11.3 Å². The highest BCUT2D eigenvalue weighted by molar-refractivity contribution is 9.10. The maximum atomic E-state index is 12.8. The summed E-state index contributed by atoms with van der Waals surface area (Å²) in [5.41, 5.74) is 0.661. The fourth-order valence-corrected chi connectivity index (χ4v) is 3.51. The van der Waals surface area contributed by atoms with Gasteiger partial charge in [0.1, 0.15) is 9.53 Å². The molecule has 3 aromatic rings. The Bertz CT molecular complexity index is 945. The third-order valence-corrected chi connectivity index (χ3v) is 5.33. The molecule has 0 aliphatic heterocycles. The predicted molar refractivity (Wildman–Crippen MR) is 77.7 cm³/mol. The summed E-state index contributed by atoms with van der Waals surface area (Å²) in [5, 5.41) is 0.476. The highest BCUT2D eigenvalue weighted by Gasteiger charge is 2.35. The maximum Gasteiger partial charge on any atom is 0.449 e. The molecule has 0 saturated carbocycles. The van der Waals surface area contributed by atoms with Gasteiger partial charge in [0.05, 0.1) is 11.2 Å². The van der Waals surface area contributed by atoms with Crippen LogP contribution in [0.25, 0.3) is 20.4 Å². The van der Waals surface area contributed by atoms with Crippen LogP contribution in [-0.2, 0) is 6.18 Å². The summed E-state index contributed by atoms with van der Waals surface area (Å²) < 4.78 is 39.2. The highest BCUT2D eigenvalue weighted by Crippen LogP contribution is 2.37. The second-order valence-electron chi connectivity index (χ2n) is 4.51. The zero-order valence-corrected chi connectivity index (χ0v) is 13.1. The summed E-state index contributed by atoms with van der Waals surface area (Å²) >= 11 is 4.39. The molecule has 0 spiro atoms. The van der Waals surface area contributed by atoms with E-state index in [1.807, 2.05) is 0 Å². The standard InChI is InChI=1S/C12H7BrF3N3OS/c1-3-5-7-8(21-10(5)17-4(2)6(3)13)9(20)19-11(18-7)12(14,15)16/h1-2H3,(H,18,19,20). The number of aryl methyl sites for hydroxylation is 2. The van der Waals surface area contributed by atoms with Gasteiger partial charge < -0.3 is 4.98 Å². The molecule has 0 bridgehead atoms. The Balaban J connectivity index is 2.54. The summed E-state index contributed by atoms with van der Waals surface area (Å²) in [7, 11) is 0. The average Bonchev–Trinajstić information content (AvgIpc) is 2.74. The van der Waals surface area contributed by atoms with Crippen LogP contribution >= 0.6 is 27.3 Å². The quantitative estimate of drug-likeness (QED) is 0.645. The molecule has 0 aromatic carbocycles. The van der Waals surface area contributed by atoms with E-state index < -0.39 is 17.6 Å². The van der Waals surface area contributed by atoms with Gasteiger partial charge in [-0.05, 0) is 35.3 Å². The molecular weight excluding hydrogens is 371 g/mol. The molecule has 3 heterocycles. The van der Waals surface area contributed by atoms with Gasteiger partial charge in [-0.3, -0.25) is 4.79 Å². The van der Waals surface area contributed by atoms with Gasteiger partial charge in [-0.2, -0.15) is 13.2 Å². The van der Waals surface area contributed by atoms with Gasteiger partial charge in [0, 0.05) is 9.86 Å². The van der Waals surface area contributed by atoms with Crippen LogP contribution in [-0.4, -0.2) is 15.0 Å². The molecule has 110 valence electrons. The van der Waals surface area contributed by atoms with E-state index >= 15 is 0 Å². The van der Waals surface area contributed by atoms with Gasteiger partial charge in [0.2, 0.25) is 5.82 Å². The van der Waals surface area contributed by atoms with Crippen molar-refractivity contribution in [3.05, 3.63) is 31.9 Å². The molecule has 0 aliphatic rings. The molecule has 0 fully saturated rings. The largest absolute Gasteiger partial charge is 0.449 e. The van der Waals surface area contributed by atoms with Crippen LogP contribution in [0.3, 0.4) is 0 Å². The van der Waals surface area contributed by atoms with Crippen LogP contribution < -0.4 is 5.56 Å². The van der Waals surface area contributed by atoms with Crippen LogP contribution in [0.5, 0.6) is 0 Å². The van der Waals surface area contributed by atoms with Gasteiger partial charge in [0.15, 0.2) is 0 Å². The van der Waals surface area contributed by atoms with Crippen molar-refractivity contribution in [2.24, 2.45) is 0 Å². The number of fused-ring (bicyclic) bond motifs is 3. The van der Waals surface area contributed by atoms with Gasteiger partial charge >= 0.3 is 6.18 Å². The number of pyridine rings is 1. The van der Waals surface area contributed by atoms with E-state index in [1.165, 1.54) is 0 Å². The summed E-state index contributed by atoms with van der Waals surface area (Å²) in [6.07, 6.45) is -4.70. The lowest BCUT2D eigenvalue weighted by Crippen LogP contribution is -2.18. The first-order valence-corrected chi connectivity index (χ1v) is 7.37. The summed E-state index contributed by atoms with van der Waals surface area (Å²) in [4.78, 5) is 22.1. The molecule has 0 amide bonds. The molecule has 1 N–H and O–H groups in total. The van der Waals surface area contributed by atoms with Crippen molar-refractivity contribution < 1.29 is 13.2 Å². The summed E-state index contributed by atoms with van der Waals surface area (Å²) in [6, 6.07) is 0. The number of hydrogen-bond acceptors (Lipinski definition) is 4. The number of halogens is 4. The van der Waals surface area contributed by atoms with Crippen molar-refractivity contribution in [2.75, 3.05) is 0 Å². The minimum atomic E-state index is -4.70. The first-order chi connectivity index (χ1) is 9.70. The Labute approximate surface area is 128 Å². The molecule has 9 heteroatoms. The van der Waals surface area contributed by atoms with E-state index in [0.717, 1.165) is 16.9 Å². The Morgan fingerprint density at radius 3 is 2.52 bits per heavy atom. The SMILES string of the molecule is Cc1nc2sc3c(=O)[nH]c(C(F)(F)F)nc3c2c(C)c1Br. The maximum absolute atomic E-state index is 12.8. The first-order valence-electron chi connectivity index (χ1n) is 5.76. The zero-order chi connectivity index (χ0) is 15.5. The molecule has 0 atom stereocenters. The molecule has 0 aliphatic carbocycles. The van der Waals surface area contributed by atoms with Crippen molar-refractivity contribution >= 4 is 47.7 Å². The van der Waals surface area contributed by atoms with Crippen LogP contribution in [0.2, 0.25) is 0 Å². The highest BCUT2D eigenvalue weighted by atomic mass is 79.9. The number of aromatic nitrogens is 3. The van der Waals surface area contributed by atoms with Crippen molar-refractivity contribution in [3.63, 3.8) is 0 Å². The summed E-state index contributed by atoms with van der Waals surface area (Å²) in [6.45, 7) is 3.53. The normalized spacial score (nSPS) is 12.5. The number of H-pyrrole nitrogens is 1. The van der Waals surface area contributed by atoms with Crippen LogP contribution in [0, 0.1) is 13.8 Å². The number of alkyl halides is 3. The van der Waals surface area contributed by atoms with Gasteiger partial charge in [-0.25, -0.2) is 9.97 Å². The number of hydrogen-bond donors (Lipinski definition) is 1. The van der Waals surface area contributed by atoms with Gasteiger partial charge in [0.25, 0.3) is 5.56 Å². The van der Waals surface area contributed by atoms with E-state index in [1.54, 1.807) is 18.8 Å². The Morgan fingerprint density at radius 1 is 1.24 bits per heavy atom. The minimum Gasteiger partial charge on any atom is -0.302 e. The molecule has 0 unspecified atom stereocenters. The lowest BCUT2D eigenvalue weighted by molar-refractivity contribution is -0.144. The van der Waals surface area contributed by atoms with Crippen LogP contribution in [0.15, 0.2) is 9.27 Å². The molecule has 0 radical (unpaired) electrons. The number of aromatic amines is 1. The third kappa shape index (κ3) is 2.15. The fraction of sp³-hybridized carbons (Fsp3) is 0.250. The van der Waals surface area contributed by atoms with Gasteiger partial charge in [-0.1, -0.05) is 0 Å². The lowest BCUT2D eigenvalue weighted by Gasteiger charge is -2.06. The third-order valence-electron chi connectivity index (χ3n) is 3.09. The van der Waals surface area contributed by atoms with Crippen molar-refractivity contribution in [2.45, 2.75) is 20.0 Å². The minimum absolute atomic E-state index is 0.0387. The van der Waals surface area contributed by atoms with E-state index in [9.17, 15) is 18.0 Å². The first kappa shape index (κ1) is 14.5. The average molecular weight is 378 g/mol. The second-order valence-corrected chi connectivity index (χ2v) is 6.30. The topological polar surface area (TPSA) is 58.6 Å². The Morgan fingerprint density at radius 2 is 1.90 bits per heavy atom. The molecule has 3 rings (SSSR count). The predicted octanol–water partition coefficient (Wildman–Crippen LogP) is 3.93. The Kier molecular flexibility index (Phi) is 3.10. The smallest absolute Gasteiger partial charge is 0.302 e. The van der Waals surface area contributed by atoms with Crippen LogP contribution in [0.1, 0.15) is 17.1 Å². The van der Waals surface area contributed by atoms with Crippen LogP contribution in [0.4, 0.5) is 13.2 Å². The molecular formula is C12H7BrF3N3OS. The second kappa shape index (κ2) is 4.51. The number of nitrogens with zero attached hydrogens (tertiary/aromatic N) is 2. The lowest BCUT2D eigenvalue weighted by atomic mass is 10.1. The monoisotopic (exact) mass is 377 g/mol. The summed E-state index contributed by atoms with van der Waals surface area (Å²) in [5.74, 6) is -1.30. The molecule has 21 heavy (non-hydrogen) atoms. The zero-order valence-electron chi connectivity index (χ0n) is 10.7. The molecule has 0 saturated heterocycles. The van der Waals surface area contributed by atoms with E-state index in [2.05, 4.69) is 25.9 Å². The number of nitrogens with one attached hydrogen (secondary N) is 1. The van der Waals surface area contributed by atoms with E-state index in [4.69, 9.17) is 0 Å². The number of thiophene rings is 1.